The molecule has 0 aliphatic heterocycles. The molecular weight excluding hydrogens is 816 g/mol. The highest BCUT2D eigenvalue weighted by Crippen LogP contribution is 2.58. The number of hydrogen-bond acceptors (Lipinski definition) is 9. The SMILES string of the molecule is CCC1(OC(=O)C(CC(C)(C)C(=O)Oc2ccc(O)cc2)CC(C)(C)C(=O)OC2CC(C(O)(C(F)(F)F)C(F)(F)F)CC(C(O)(C(F)(F)F)C(F)(F)F)C2)CCCC1. The topological polar surface area (TPSA) is 140 Å². The average molecular weight is 863 g/mol. The van der Waals surface area contributed by atoms with Crippen LogP contribution in [0.15, 0.2) is 24.3 Å². The van der Waals surface area contributed by atoms with Crippen molar-refractivity contribution in [3.63, 3.8) is 0 Å². The van der Waals surface area contributed by atoms with Crippen molar-refractivity contribution in [2.45, 2.75) is 146 Å². The van der Waals surface area contributed by atoms with Crippen LogP contribution in [0, 0.1) is 28.6 Å². The summed E-state index contributed by atoms with van der Waals surface area (Å²) in [6.45, 7) is 6.59. The van der Waals surface area contributed by atoms with Crippen molar-refractivity contribution in [2.75, 3.05) is 0 Å². The van der Waals surface area contributed by atoms with Gasteiger partial charge < -0.3 is 29.5 Å². The number of halogens is 12. The van der Waals surface area contributed by atoms with Gasteiger partial charge in [0.2, 0.25) is 0 Å². The number of phenolic OH excluding ortho intramolecular Hbond substituents is 1. The second kappa shape index (κ2) is 16.5. The van der Waals surface area contributed by atoms with Gasteiger partial charge in [0.25, 0.3) is 11.2 Å². The lowest BCUT2D eigenvalue weighted by molar-refractivity contribution is -0.405. The third-order valence-corrected chi connectivity index (χ3v) is 11.3. The second-order valence-corrected chi connectivity index (χ2v) is 16.6. The predicted octanol–water partition coefficient (Wildman–Crippen LogP) is 9.05. The lowest BCUT2D eigenvalue weighted by atomic mass is 9.65. The van der Waals surface area contributed by atoms with E-state index in [1.54, 1.807) is 6.92 Å². The zero-order valence-corrected chi connectivity index (χ0v) is 32.0. The summed E-state index contributed by atoms with van der Waals surface area (Å²) in [6, 6.07) is 4.94. The summed E-state index contributed by atoms with van der Waals surface area (Å²) in [5.41, 5.74) is -16.4. The van der Waals surface area contributed by atoms with Crippen molar-refractivity contribution >= 4 is 17.9 Å². The summed E-state index contributed by atoms with van der Waals surface area (Å²) in [5.74, 6) is -12.1. The van der Waals surface area contributed by atoms with Gasteiger partial charge in [-0.15, -0.1) is 0 Å². The highest BCUT2D eigenvalue weighted by atomic mass is 19.4. The Morgan fingerprint density at radius 3 is 1.47 bits per heavy atom. The molecule has 58 heavy (non-hydrogen) atoms. The van der Waals surface area contributed by atoms with E-state index in [1.165, 1.54) is 38.1 Å². The number of aliphatic hydroxyl groups is 2. The first kappa shape index (κ1) is 48.9. The number of benzene rings is 1. The maximum absolute atomic E-state index is 13.9. The molecule has 0 aromatic heterocycles. The van der Waals surface area contributed by atoms with E-state index in [1.807, 2.05) is 0 Å². The molecule has 9 nitrogen and oxygen atoms in total. The molecule has 2 aliphatic rings. The van der Waals surface area contributed by atoms with Gasteiger partial charge >= 0.3 is 42.6 Å². The van der Waals surface area contributed by atoms with E-state index in [9.17, 15) is 82.4 Å². The fraction of sp³-hybridized carbons (Fsp3) is 0.757. The van der Waals surface area contributed by atoms with Crippen LogP contribution < -0.4 is 4.74 Å². The summed E-state index contributed by atoms with van der Waals surface area (Å²) >= 11 is 0. The zero-order chi connectivity index (χ0) is 44.7. The first-order chi connectivity index (χ1) is 26.1. The lowest BCUT2D eigenvalue weighted by Crippen LogP contribution is -2.67. The van der Waals surface area contributed by atoms with Crippen LogP contribution in [0.1, 0.15) is 98.8 Å². The van der Waals surface area contributed by atoms with Crippen molar-refractivity contribution in [3.8, 4) is 11.5 Å². The molecule has 0 heterocycles. The minimum Gasteiger partial charge on any atom is -0.508 e. The average Bonchev–Trinajstić information content (AvgIpc) is 3.54. The van der Waals surface area contributed by atoms with Crippen LogP contribution in [0.5, 0.6) is 11.5 Å². The van der Waals surface area contributed by atoms with Crippen molar-refractivity contribution in [3.05, 3.63) is 24.3 Å². The minimum absolute atomic E-state index is 0.00946. The quantitative estimate of drug-likeness (QED) is 0.101. The van der Waals surface area contributed by atoms with Crippen molar-refractivity contribution in [1.29, 1.82) is 0 Å². The summed E-state index contributed by atoms with van der Waals surface area (Å²) in [5, 5.41) is 29.7. The summed E-state index contributed by atoms with van der Waals surface area (Å²) in [4.78, 5) is 40.9. The number of rotatable bonds is 13. The van der Waals surface area contributed by atoms with Crippen LogP contribution in [0.3, 0.4) is 0 Å². The smallest absolute Gasteiger partial charge is 0.426 e. The largest absolute Gasteiger partial charge is 0.508 e. The molecule has 3 atom stereocenters. The number of ether oxygens (including phenoxy) is 3. The molecule has 0 saturated heterocycles. The Bertz CT molecular complexity index is 1530. The van der Waals surface area contributed by atoms with Gasteiger partial charge in [0.05, 0.1) is 16.7 Å². The van der Waals surface area contributed by atoms with E-state index in [-0.39, 0.29) is 11.5 Å². The molecule has 2 saturated carbocycles. The number of alkyl halides is 12. The molecular formula is C37H46F12O9. The van der Waals surface area contributed by atoms with E-state index in [0.29, 0.717) is 32.1 Å². The zero-order valence-electron chi connectivity index (χ0n) is 32.0. The van der Waals surface area contributed by atoms with E-state index in [0.717, 1.165) is 13.8 Å². The van der Waals surface area contributed by atoms with Crippen LogP contribution in [-0.4, -0.2) is 80.8 Å². The molecule has 3 rings (SSSR count). The lowest BCUT2D eigenvalue weighted by Gasteiger charge is -2.48. The highest BCUT2D eigenvalue weighted by molar-refractivity contribution is 5.81. The fourth-order valence-electron chi connectivity index (χ4n) is 7.84. The molecule has 0 bridgehead atoms. The van der Waals surface area contributed by atoms with Crippen LogP contribution in [-0.2, 0) is 23.9 Å². The fourth-order valence-corrected chi connectivity index (χ4v) is 7.84. The standard InChI is InChI=1S/C37H46F12O9/c1-6-31(13-7-8-14-31)58-26(51)20(18-29(2,3)27(52)56-24-11-9-23(50)10-12-24)19-30(4,5)28(53)57-25-16-21(32(54,34(38,39)40)35(41,42)43)15-22(17-25)33(55,36(44,45)46)37(47,48)49/h9-12,20-22,25,50,54-55H,6-8,13-19H2,1-5H3. The Hall–Kier alpha value is -3.49. The third-order valence-electron chi connectivity index (χ3n) is 11.3. The molecule has 1 aromatic carbocycles. The van der Waals surface area contributed by atoms with E-state index in [4.69, 9.17) is 14.2 Å². The van der Waals surface area contributed by atoms with Crippen LogP contribution in [0.25, 0.3) is 0 Å². The first-order valence-corrected chi connectivity index (χ1v) is 18.2. The number of carbonyl (C=O) groups excluding carboxylic acids is 3. The number of esters is 3. The molecule has 3 unspecified atom stereocenters. The molecule has 0 amide bonds. The summed E-state index contributed by atoms with van der Waals surface area (Å²) < 4.78 is 184. The third kappa shape index (κ3) is 10.1. The monoisotopic (exact) mass is 862 g/mol. The van der Waals surface area contributed by atoms with Gasteiger partial charge in [0, 0.05) is 11.8 Å². The van der Waals surface area contributed by atoms with E-state index < -0.39 is 126 Å². The summed E-state index contributed by atoms with van der Waals surface area (Å²) in [7, 11) is 0. The molecule has 1 aromatic rings. The van der Waals surface area contributed by atoms with Gasteiger partial charge in [-0.05, 0) is 116 Å². The molecule has 2 aliphatic carbocycles. The van der Waals surface area contributed by atoms with Gasteiger partial charge in [-0.3, -0.25) is 14.4 Å². The number of hydrogen-bond donors (Lipinski definition) is 3. The van der Waals surface area contributed by atoms with E-state index >= 15 is 0 Å². The first-order valence-electron chi connectivity index (χ1n) is 18.2. The Labute approximate surface area is 325 Å². The molecule has 332 valence electrons. The number of carbonyl (C=O) groups is 3. The normalized spacial score (nSPS) is 21.9. The van der Waals surface area contributed by atoms with Crippen LogP contribution in [0.4, 0.5) is 52.7 Å². The Morgan fingerprint density at radius 2 is 1.09 bits per heavy atom. The van der Waals surface area contributed by atoms with Gasteiger partial charge in [0.15, 0.2) is 0 Å². The second-order valence-electron chi connectivity index (χ2n) is 16.6. The van der Waals surface area contributed by atoms with Gasteiger partial charge in [0.1, 0.15) is 23.2 Å². The van der Waals surface area contributed by atoms with Gasteiger partial charge in [-0.25, -0.2) is 0 Å². The maximum atomic E-state index is 13.9. The molecule has 2 fully saturated rings. The highest BCUT2D eigenvalue weighted by Gasteiger charge is 2.78. The summed E-state index contributed by atoms with van der Waals surface area (Å²) in [6.07, 6.45) is -33.8. The molecule has 0 radical (unpaired) electrons. The minimum atomic E-state index is -6.72. The van der Waals surface area contributed by atoms with Crippen molar-refractivity contribution in [1.82, 2.24) is 0 Å². The molecule has 0 spiro atoms. The van der Waals surface area contributed by atoms with Gasteiger partial charge in [-0.2, -0.15) is 52.7 Å². The van der Waals surface area contributed by atoms with Crippen LogP contribution in [0.2, 0.25) is 0 Å². The van der Waals surface area contributed by atoms with E-state index in [2.05, 4.69) is 0 Å². The molecule has 21 heteroatoms. The Balaban J connectivity index is 2.02. The van der Waals surface area contributed by atoms with Gasteiger partial charge in [-0.1, -0.05) is 6.92 Å². The maximum Gasteiger partial charge on any atom is 0.426 e. The number of phenols is 1. The number of aromatic hydroxyl groups is 1. The van der Waals surface area contributed by atoms with Crippen LogP contribution >= 0.6 is 0 Å². The Morgan fingerprint density at radius 1 is 0.690 bits per heavy atom. The van der Waals surface area contributed by atoms with Crippen molar-refractivity contribution in [2.24, 2.45) is 28.6 Å². The predicted molar refractivity (Wildman–Crippen MR) is 176 cm³/mol. The van der Waals surface area contributed by atoms with Crippen molar-refractivity contribution < 1.29 is 96.6 Å². The molecule has 3 N–H and O–H groups in total. The Kier molecular flexibility index (Phi) is 13.9.